The zero-order valence-electron chi connectivity index (χ0n) is 13.8. The maximum absolute atomic E-state index is 5.86. The van der Waals surface area contributed by atoms with Crippen LogP contribution in [0.5, 0.6) is 11.5 Å². The van der Waals surface area contributed by atoms with Gasteiger partial charge in [-0.1, -0.05) is 25.5 Å². The Morgan fingerprint density at radius 3 is 2.04 bits per heavy atom. The van der Waals surface area contributed by atoms with Crippen molar-refractivity contribution in [2.75, 3.05) is 11.5 Å². The molecule has 0 bridgehead atoms. The summed E-state index contributed by atoms with van der Waals surface area (Å²) in [5, 5.41) is 0. The second-order valence-corrected chi connectivity index (χ2v) is 6.63. The first-order chi connectivity index (χ1) is 11.1. The number of benzene rings is 2. The first kappa shape index (κ1) is 15.7. The highest BCUT2D eigenvalue weighted by Gasteiger charge is 2.21. The van der Waals surface area contributed by atoms with Gasteiger partial charge in [0.1, 0.15) is 11.5 Å². The van der Waals surface area contributed by atoms with E-state index in [4.69, 9.17) is 16.2 Å². The van der Waals surface area contributed by atoms with Gasteiger partial charge in [-0.15, -0.1) is 0 Å². The second-order valence-electron chi connectivity index (χ2n) is 6.63. The Kier molecular flexibility index (Phi) is 4.75. The monoisotopic (exact) mass is 310 g/mol. The molecule has 3 heteroatoms. The van der Waals surface area contributed by atoms with E-state index in [9.17, 15) is 0 Å². The van der Waals surface area contributed by atoms with E-state index in [2.05, 4.69) is 19.1 Å². The summed E-state index contributed by atoms with van der Waals surface area (Å²) < 4.78 is 5.86. The molecule has 2 aromatic carbocycles. The molecule has 0 heterocycles. The van der Waals surface area contributed by atoms with Crippen LogP contribution in [-0.4, -0.2) is 0 Å². The van der Waals surface area contributed by atoms with Crippen LogP contribution in [0.25, 0.3) is 0 Å². The van der Waals surface area contributed by atoms with Crippen LogP contribution in [0.2, 0.25) is 0 Å². The molecule has 1 fully saturated rings. The van der Waals surface area contributed by atoms with Crippen LogP contribution < -0.4 is 16.2 Å². The Morgan fingerprint density at radius 1 is 0.870 bits per heavy atom. The van der Waals surface area contributed by atoms with Gasteiger partial charge >= 0.3 is 0 Å². The molecule has 122 valence electrons. The number of nitrogen functional groups attached to an aromatic ring is 2. The Balaban J connectivity index is 1.65. The van der Waals surface area contributed by atoms with Crippen LogP contribution in [0, 0.1) is 5.92 Å². The summed E-state index contributed by atoms with van der Waals surface area (Å²) in [4.78, 5) is 0. The highest BCUT2D eigenvalue weighted by Crippen LogP contribution is 2.37. The summed E-state index contributed by atoms with van der Waals surface area (Å²) in [6.07, 6.45) is 6.67. The van der Waals surface area contributed by atoms with Gasteiger partial charge < -0.3 is 16.2 Å². The Bertz CT molecular complexity index is 623. The predicted octanol–water partition coefficient (Wildman–Crippen LogP) is 5.33. The lowest BCUT2D eigenvalue weighted by molar-refractivity contribution is 0.318. The van der Waals surface area contributed by atoms with E-state index >= 15 is 0 Å². The Hall–Kier alpha value is -2.16. The van der Waals surface area contributed by atoms with Crippen LogP contribution in [-0.2, 0) is 0 Å². The highest BCUT2D eigenvalue weighted by molar-refractivity contribution is 5.57. The summed E-state index contributed by atoms with van der Waals surface area (Å²) >= 11 is 0. The lowest BCUT2D eigenvalue weighted by Crippen LogP contribution is -2.12. The number of nitrogens with two attached hydrogens (primary N) is 2. The van der Waals surface area contributed by atoms with Crippen LogP contribution >= 0.6 is 0 Å². The van der Waals surface area contributed by atoms with Crippen molar-refractivity contribution >= 4 is 11.4 Å². The van der Waals surface area contributed by atoms with E-state index in [0.29, 0.717) is 23.0 Å². The molecule has 0 aliphatic heterocycles. The van der Waals surface area contributed by atoms with Gasteiger partial charge in [-0.05, 0) is 61.3 Å². The van der Waals surface area contributed by atoms with Crippen molar-refractivity contribution in [2.45, 2.75) is 44.9 Å². The van der Waals surface area contributed by atoms with E-state index < -0.39 is 0 Å². The summed E-state index contributed by atoms with van der Waals surface area (Å²) in [5.41, 5.74) is 14.3. The average Bonchev–Trinajstić information content (AvgIpc) is 2.55. The minimum Gasteiger partial charge on any atom is -0.457 e. The molecule has 0 saturated heterocycles. The second kappa shape index (κ2) is 6.95. The number of rotatable bonds is 4. The molecule has 0 aromatic heterocycles. The Labute approximate surface area is 138 Å². The SMILES string of the molecule is CCC1CCC(c2ccc(Oc3cc(N)cc(N)c3)cc2)CC1. The molecular weight excluding hydrogens is 284 g/mol. The average molecular weight is 310 g/mol. The summed E-state index contributed by atoms with van der Waals surface area (Å²) in [5.74, 6) is 3.14. The van der Waals surface area contributed by atoms with Crippen molar-refractivity contribution in [3.8, 4) is 11.5 Å². The number of hydrogen-bond acceptors (Lipinski definition) is 3. The van der Waals surface area contributed by atoms with Gasteiger partial charge in [0, 0.05) is 23.5 Å². The first-order valence-corrected chi connectivity index (χ1v) is 8.58. The van der Waals surface area contributed by atoms with Crippen molar-refractivity contribution < 1.29 is 4.74 Å². The van der Waals surface area contributed by atoms with Gasteiger partial charge in [0.15, 0.2) is 0 Å². The minimum absolute atomic E-state index is 0.615. The molecule has 0 spiro atoms. The molecule has 0 amide bonds. The largest absolute Gasteiger partial charge is 0.457 e. The standard InChI is InChI=1S/C20H26N2O/c1-2-14-3-5-15(6-4-14)16-7-9-19(10-8-16)23-20-12-17(21)11-18(22)13-20/h7-15H,2-6,21-22H2,1H3. The molecule has 23 heavy (non-hydrogen) atoms. The van der Waals surface area contributed by atoms with Gasteiger partial charge in [0.05, 0.1) is 0 Å². The fourth-order valence-corrected chi connectivity index (χ4v) is 3.55. The highest BCUT2D eigenvalue weighted by atomic mass is 16.5. The van der Waals surface area contributed by atoms with Crippen molar-refractivity contribution in [1.29, 1.82) is 0 Å². The smallest absolute Gasteiger partial charge is 0.131 e. The molecule has 4 N–H and O–H groups in total. The first-order valence-electron chi connectivity index (χ1n) is 8.58. The molecule has 1 aliphatic carbocycles. The van der Waals surface area contributed by atoms with Crippen molar-refractivity contribution in [2.24, 2.45) is 5.92 Å². The molecule has 0 atom stereocenters. The minimum atomic E-state index is 0.615. The summed E-state index contributed by atoms with van der Waals surface area (Å²) in [6, 6.07) is 13.8. The molecule has 1 aliphatic rings. The summed E-state index contributed by atoms with van der Waals surface area (Å²) in [7, 11) is 0. The Morgan fingerprint density at radius 2 is 1.48 bits per heavy atom. The fraction of sp³-hybridized carbons (Fsp3) is 0.400. The lowest BCUT2D eigenvalue weighted by atomic mass is 9.78. The van der Waals surface area contributed by atoms with Gasteiger partial charge in [-0.2, -0.15) is 0 Å². The van der Waals surface area contributed by atoms with E-state index in [-0.39, 0.29) is 0 Å². The molecule has 3 rings (SSSR count). The maximum atomic E-state index is 5.86. The fourth-order valence-electron chi connectivity index (χ4n) is 3.55. The zero-order chi connectivity index (χ0) is 16.2. The molecular formula is C20H26N2O. The lowest BCUT2D eigenvalue weighted by Gasteiger charge is -2.28. The van der Waals surface area contributed by atoms with E-state index in [1.54, 1.807) is 18.2 Å². The quantitative estimate of drug-likeness (QED) is 0.750. The number of hydrogen-bond donors (Lipinski definition) is 2. The molecule has 3 nitrogen and oxygen atoms in total. The van der Waals surface area contributed by atoms with Crippen molar-refractivity contribution in [3.05, 3.63) is 48.0 Å². The molecule has 2 aromatic rings. The van der Waals surface area contributed by atoms with Gasteiger partial charge in [-0.3, -0.25) is 0 Å². The van der Waals surface area contributed by atoms with E-state index in [1.165, 1.54) is 37.7 Å². The van der Waals surface area contributed by atoms with Crippen LogP contribution in [0.4, 0.5) is 11.4 Å². The predicted molar refractivity (Wildman–Crippen MR) is 96.8 cm³/mol. The number of ether oxygens (including phenoxy) is 1. The van der Waals surface area contributed by atoms with E-state index in [1.807, 2.05) is 12.1 Å². The third-order valence-electron chi connectivity index (χ3n) is 4.96. The van der Waals surface area contributed by atoms with Crippen LogP contribution in [0.1, 0.15) is 50.5 Å². The third kappa shape index (κ3) is 3.98. The van der Waals surface area contributed by atoms with Gasteiger partial charge in [0.2, 0.25) is 0 Å². The van der Waals surface area contributed by atoms with Gasteiger partial charge in [0.25, 0.3) is 0 Å². The number of anilines is 2. The van der Waals surface area contributed by atoms with Crippen LogP contribution in [0.3, 0.4) is 0 Å². The third-order valence-corrected chi connectivity index (χ3v) is 4.96. The maximum Gasteiger partial charge on any atom is 0.131 e. The van der Waals surface area contributed by atoms with Gasteiger partial charge in [-0.25, -0.2) is 0 Å². The van der Waals surface area contributed by atoms with Crippen LogP contribution in [0.15, 0.2) is 42.5 Å². The normalized spacial score (nSPS) is 21.1. The topological polar surface area (TPSA) is 61.3 Å². The molecule has 1 saturated carbocycles. The van der Waals surface area contributed by atoms with Crippen molar-refractivity contribution in [3.63, 3.8) is 0 Å². The molecule has 0 radical (unpaired) electrons. The summed E-state index contributed by atoms with van der Waals surface area (Å²) in [6.45, 7) is 2.31. The zero-order valence-corrected chi connectivity index (χ0v) is 13.8. The van der Waals surface area contributed by atoms with Crippen molar-refractivity contribution in [1.82, 2.24) is 0 Å². The van der Waals surface area contributed by atoms with E-state index in [0.717, 1.165) is 11.7 Å². The molecule has 0 unspecified atom stereocenters.